The van der Waals surface area contributed by atoms with Crippen LogP contribution in [0.3, 0.4) is 0 Å². The average Bonchev–Trinajstić information content (AvgIpc) is 2.83. The molecule has 0 unspecified atom stereocenters. The van der Waals surface area contributed by atoms with Crippen LogP contribution in [0, 0.1) is 5.41 Å². The van der Waals surface area contributed by atoms with Crippen molar-refractivity contribution < 1.29 is 29.0 Å². The van der Waals surface area contributed by atoms with Crippen molar-refractivity contribution in [3.63, 3.8) is 0 Å². The summed E-state index contributed by atoms with van der Waals surface area (Å²) >= 11 is 0. The number of hydrogen-bond acceptors (Lipinski definition) is 6. The van der Waals surface area contributed by atoms with Crippen molar-refractivity contribution in [2.75, 3.05) is 13.7 Å². The Hall–Kier alpha value is -3.93. The summed E-state index contributed by atoms with van der Waals surface area (Å²) in [6.45, 7) is 3.58. The second-order valence-corrected chi connectivity index (χ2v) is 8.82. The summed E-state index contributed by atoms with van der Waals surface area (Å²) in [5, 5.41) is 12.4. The Bertz CT molecular complexity index is 1320. The van der Waals surface area contributed by atoms with Gasteiger partial charge >= 0.3 is 5.97 Å². The highest BCUT2D eigenvalue weighted by molar-refractivity contribution is 6.52. The monoisotopic (exact) mass is 444 g/mol. The molecule has 6 heteroatoms. The summed E-state index contributed by atoms with van der Waals surface area (Å²) in [5.74, 6) is -1.71. The van der Waals surface area contributed by atoms with Crippen LogP contribution in [0.25, 0.3) is 16.5 Å². The van der Waals surface area contributed by atoms with E-state index >= 15 is 0 Å². The van der Waals surface area contributed by atoms with Crippen molar-refractivity contribution in [2.45, 2.75) is 20.3 Å². The van der Waals surface area contributed by atoms with Gasteiger partial charge in [-0.1, -0.05) is 68.4 Å². The Morgan fingerprint density at radius 1 is 0.909 bits per heavy atom. The lowest BCUT2D eigenvalue weighted by atomic mass is 9.79. The lowest BCUT2D eigenvalue weighted by Gasteiger charge is -2.27. The van der Waals surface area contributed by atoms with E-state index in [4.69, 9.17) is 9.47 Å². The number of fused-ring (bicyclic) bond motifs is 2. The van der Waals surface area contributed by atoms with Gasteiger partial charge in [0.05, 0.1) is 13.7 Å². The second-order valence-electron chi connectivity index (χ2n) is 8.82. The molecule has 0 spiro atoms. The third kappa shape index (κ3) is 4.12. The van der Waals surface area contributed by atoms with Crippen molar-refractivity contribution in [3.05, 3.63) is 82.9 Å². The van der Waals surface area contributed by atoms with Crippen molar-refractivity contribution in [2.24, 2.45) is 5.41 Å². The van der Waals surface area contributed by atoms with Gasteiger partial charge in [0, 0.05) is 27.5 Å². The standard InChI is InChI=1S/C27H24O6/c1-27(2,14-21-22(28)18-10-6-7-11-19(18)23(29)24(21)30)15-33-26(31)20-13-12-16-8-4-5-9-17(16)25(20)32-3/h4-13,28H,14-15H2,1-3H3. The molecule has 168 valence electrons. The number of benzene rings is 3. The molecule has 0 heterocycles. The number of allylic oxidation sites excluding steroid dienone is 1. The maximum Gasteiger partial charge on any atom is 0.341 e. The maximum absolute atomic E-state index is 12.9. The fourth-order valence-electron chi connectivity index (χ4n) is 4.07. The van der Waals surface area contributed by atoms with E-state index in [1.54, 1.807) is 38.1 Å². The number of rotatable bonds is 6. The minimum Gasteiger partial charge on any atom is -0.507 e. The molecule has 0 saturated carbocycles. The van der Waals surface area contributed by atoms with Gasteiger partial charge in [-0.3, -0.25) is 9.59 Å². The van der Waals surface area contributed by atoms with Crippen LogP contribution in [-0.2, 0) is 9.53 Å². The number of carbonyl (C=O) groups is 3. The number of Topliss-reactive ketones (excluding diaryl/α,β-unsaturated/α-hetero) is 2. The van der Waals surface area contributed by atoms with Crippen molar-refractivity contribution in [1.29, 1.82) is 0 Å². The largest absolute Gasteiger partial charge is 0.507 e. The topological polar surface area (TPSA) is 89.9 Å². The quantitative estimate of drug-likeness (QED) is 0.417. The Labute approximate surface area is 191 Å². The lowest BCUT2D eigenvalue weighted by molar-refractivity contribution is -0.112. The smallest absolute Gasteiger partial charge is 0.341 e. The van der Waals surface area contributed by atoms with Gasteiger partial charge in [-0.2, -0.15) is 0 Å². The van der Waals surface area contributed by atoms with Crippen LogP contribution < -0.4 is 4.74 Å². The number of aliphatic hydroxyl groups excluding tert-OH is 1. The molecular formula is C27H24O6. The van der Waals surface area contributed by atoms with Crippen LogP contribution in [0.15, 0.2) is 66.2 Å². The summed E-state index contributed by atoms with van der Waals surface area (Å²) in [6, 6.07) is 17.5. The number of carbonyl (C=O) groups excluding carboxylic acids is 3. The number of ether oxygens (including phenoxy) is 2. The van der Waals surface area contributed by atoms with E-state index in [2.05, 4.69) is 0 Å². The minimum atomic E-state index is -0.734. The first-order chi connectivity index (χ1) is 15.7. The summed E-state index contributed by atoms with van der Waals surface area (Å²) in [7, 11) is 1.50. The molecule has 0 amide bonds. The molecule has 1 N–H and O–H groups in total. The number of hydrogen-bond donors (Lipinski definition) is 1. The highest BCUT2D eigenvalue weighted by atomic mass is 16.5. The number of methoxy groups -OCH3 is 1. The molecule has 4 rings (SSSR count). The third-order valence-electron chi connectivity index (χ3n) is 5.75. The molecule has 1 aliphatic carbocycles. The zero-order chi connectivity index (χ0) is 23.8. The summed E-state index contributed by atoms with van der Waals surface area (Å²) < 4.78 is 11.1. The Kier molecular flexibility index (Phi) is 5.77. The van der Waals surface area contributed by atoms with Crippen LogP contribution in [0.2, 0.25) is 0 Å². The van der Waals surface area contributed by atoms with Gasteiger partial charge in [-0.25, -0.2) is 4.79 Å². The molecule has 33 heavy (non-hydrogen) atoms. The molecule has 0 bridgehead atoms. The predicted octanol–water partition coefficient (Wildman–Crippen LogP) is 5.16. The zero-order valence-corrected chi connectivity index (χ0v) is 18.7. The van der Waals surface area contributed by atoms with Gasteiger partial charge in [0.1, 0.15) is 17.1 Å². The molecule has 3 aromatic rings. The molecular weight excluding hydrogens is 420 g/mol. The van der Waals surface area contributed by atoms with E-state index in [1.807, 2.05) is 30.3 Å². The average molecular weight is 444 g/mol. The highest BCUT2D eigenvalue weighted by Gasteiger charge is 2.36. The number of ketones is 2. The van der Waals surface area contributed by atoms with Gasteiger partial charge in [-0.05, 0) is 17.9 Å². The molecule has 0 saturated heterocycles. The summed E-state index contributed by atoms with van der Waals surface area (Å²) in [6.07, 6.45) is 0.0693. The van der Waals surface area contributed by atoms with Crippen molar-refractivity contribution in [1.82, 2.24) is 0 Å². The normalized spacial score (nSPS) is 13.8. The molecule has 0 aromatic heterocycles. The fraction of sp³-hybridized carbons (Fsp3) is 0.222. The molecule has 6 nitrogen and oxygen atoms in total. The first kappa shape index (κ1) is 22.3. The molecule has 3 aromatic carbocycles. The molecule has 0 fully saturated rings. The highest BCUT2D eigenvalue weighted by Crippen LogP contribution is 2.36. The van der Waals surface area contributed by atoms with Crippen molar-refractivity contribution in [3.8, 4) is 5.75 Å². The van der Waals surface area contributed by atoms with E-state index in [-0.39, 0.29) is 29.9 Å². The molecule has 1 aliphatic rings. The van der Waals surface area contributed by atoms with Crippen molar-refractivity contribution >= 4 is 34.1 Å². The Morgan fingerprint density at radius 3 is 2.30 bits per heavy atom. The number of aliphatic hydroxyl groups is 1. The zero-order valence-electron chi connectivity index (χ0n) is 18.7. The number of esters is 1. The van der Waals surface area contributed by atoms with Crippen LogP contribution in [-0.4, -0.2) is 36.4 Å². The third-order valence-corrected chi connectivity index (χ3v) is 5.75. The summed E-state index contributed by atoms with van der Waals surface area (Å²) in [4.78, 5) is 38.0. The SMILES string of the molecule is COc1c(C(=O)OCC(C)(C)CC2=C(O)c3ccccc3C(=O)C2=O)ccc2ccccc12. The molecule has 0 radical (unpaired) electrons. The van der Waals surface area contributed by atoms with Gasteiger partial charge in [0.2, 0.25) is 11.6 Å². The van der Waals surface area contributed by atoms with Crippen LogP contribution in [0.5, 0.6) is 5.75 Å². The molecule has 0 atom stereocenters. The van der Waals surface area contributed by atoms with Gasteiger partial charge in [0.15, 0.2) is 0 Å². The first-order valence-electron chi connectivity index (χ1n) is 10.6. The van der Waals surface area contributed by atoms with Crippen LogP contribution in [0.4, 0.5) is 0 Å². The summed E-state index contributed by atoms with van der Waals surface area (Å²) in [5.41, 5.74) is 0.141. The van der Waals surface area contributed by atoms with Gasteiger partial charge < -0.3 is 14.6 Å². The Balaban J connectivity index is 1.54. The van der Waals surface area contributed by atoms with Gasteiger partial charge in [-0.15, -0.1) is 0 Å². The van der Waals surface area contributed by atoms with E-state index < -0.39 is 23.0 Å². The second kappa shape index (κ2) is 8.54. The lowest BCUT2D eigenvalue weighted by Crippen LogP contribution is -2.29. The maximum atomic E-state index is 12.9. The predicted molar refractivity (Wildman–Crippen MR) is 125 cm³/mol. The van der Waals surface area contributed by atoms with Crippen LogP contribution >= 0.6 is 0 Å². The first-order valence-corrected chi connectivity index (χ1v) is 10.6. The minimum absolute atomic E-state index is 0.0261. The van der Waals surface area contributed by atoms with E-state index in [9.17, 15) is 19.5 Å². The van der Waals surface area contributed by atoms with E-state index in [0.29, 0.717) is 16.9 Å². The van der Waals surface area contributed by atoms with Crippen LogP contribution in [0.1, 0.15) is 46.5 Å². The fourth-order valence-corrected chi connectivity index (χ4v) is 4.07. The molecule has 0 aliphatic heterocycles. The van der Waals surface area contributed by atoms with E-state index in [1.165, 1.54) is 13.2 Å². The van der Waals surface area contributed by atoms with Gasteiger partial charge in [0.25, 0.3) is 0 Å². The van der Waals surface area contributed by atoms with E-state index in [0.717, 1.165) is 10.8 Å². The Morgan fingerprint density at radius 2 is 1.58 bits per heavy atom.